The van der Waals surface area contributed by atoms with Crippen molar-refractivity contribution < 1.29 is 19.1 Å². The van der Waals surface area contributed by atoms with Gasteiger partial charge in [-0.3, -0.25) is 9.59 Å². The fraction of sp³-hybridized carbons (Fsp3) is 0.174. The van der Waals surface area contributed by atoms with E-state index in [-0.39, 0.29) is 11.8 Å². The van der Waals surface area contributed by atoms with Crippen molar-refractivity contribution in [1.29, 1.82) is 0 Å². The molecule has 156 valence electrons. The number of nitrogens with zero attached hydrogens (tertiary/aromatic N) is 2. The summed E-state index contributed by atoms with van der Waals surface area (Å²) < 4.78 is 11.1. The number of pyridine rings is 1. The Kier molecular flexibility index (Phi) is 4.99. The first-order chi connectivity index (χ1) is 15.1. The molecule has 0 fully saturated rings. The van der Waals surface area contributed by atoms with Gasteiger partial charge in [0.1, 0.15) is 18.2 Å². The molecule has 0 aliphatic carbocycles. The summed E-state index contributed by atoms with van der Waals surface area (Å²) in [5.74, 6) is 0.938. The molecule has 0 unspecified atom stereocenters. The Labute approximate surface area is 183 Å². The fourth-order valence-electron chi connectivity index (χ4n) is 3.59. The van der Waals surface area contributed by atoms with Crippen molar-refractivity contribution in [2.24, 2.45) is 0 Å². The van der Waals surface area contributed by atoms with Gasteiger partial charge in [-0.1, -0.05) is 11.8 Å². The lowest BCUT2D eigenvalue weighted by molar-refractivity contribution is 0.0984. The van der Waals surface area contributed by atoms with Crippen LogP contribution in [-0.4, -0.2) is 36.6 Å². The van der Waals surface area contributed by atoms with Crippen LogP contribution < -0.4 is 19.7 Å². The minimum absolute atomic E-state index is 0.0923. The number of ether oxygens (including phenoxy) is 2. The van der Waals surface area contributed by atoms with Crippen molar-refractivity contribution in [2.75, 3.05) is 30.0 Å². The molecule has 2 aromatic carbocycles. The van der Waals surface area contributed by atoms with Crippen LogP contribution in [0, 0.1) is 0 Å². The summed E-state index contributed by atoms with van der Waals surface area (Å²) in [6.45, 7) is 3.44. The maximum Gasteiger partial charge on any atom is 0.261 e. The summed E-state index contributed by atoms with van der Waals surface area (Å²) >= 11 is 1.39. The molecule has 0 saturated heterocycles. The summed E-state index contributed by atoms with van der Waals surface area (Å²) in [7, 11) is 0. The van der Waals surface area contributed by atoms with E-state index in [1.807, 2.05) is 13.0 Å². The maximum atomic E-state index is 13.0. The van der Waals surface area contributed by atoms with E-state index in [1.165, 1.54) is 11.8 Å². The lowest BCUT2D eigenvalue weighted by Crippen LogP contribution is -2.30. The topological polar surface area (TPSA) is 80.8 Å². The highest BCUT2D eigenvalue weighted by atomic mass is 32.2. The molecule has 0 radical (unpaired) electrons. The van der Waals surface area contributed by atoms with Gasteiger partial charge >= 0.3 is 0 Å². The van der Waals surface area contributed by atoms with Crippen LogP contribution in [0.1, 0.15) is 27.6 Å². The van der Waals surface area contributed by atoms with E-state index in [0.717, 1.165) is 10.6 Å². The van der Waals surface area contributed by atoms with E-state index in [1.54, 1.807) is 53.6 Å². The van der Waals surface area contributed by atoms with Crippen LogP contribution in [0.5, 0.6) is 11.5 Å². The zero-order valence-electron chi connectivity index (χ0n) is 16.8. The molecule has 7 nitrogen and oxygen atoms in total. The lowest BCUT2D eigenvalue weighted by atomic mass is 10.1. The number of fused-ring (bicyclic) bond motifs is 3. The standard InChI is InChI=1S/C23H19N3O4S/c1-2-26-17-7-5-14(12-20(17)31-22-16(23(26)28)4-3-9-24-22)21(27)25-15-6-8-18-19(13-15)30-11-10-29-18/h3-9,12-13H,2,10-11H2,1H3,(H,25,27). The van der Waals surface area contributed by atoms with Gasteiger partial charge in [-0.15, -0.1) is 0 Å². The third-order valence-electron chi connectivity index (χ3n) is 5.08. The maximum absolute atomic E-state index is 13.0. The second kappa shape index (κ2) is 7.96. The monoisotopic (exact) mass is 433 g/mol. The minimum atomic E-state index is -0.250. The lowest BCUT2D eigenvalue weighted by Gasteiger charge is -2.21. The number of rotatable bonds is 3. The van der Waals surface area contributed by atoms with Crippen LogP contribution in [0.25, 0.3) is 0 Å². The van der Waals surface area contributed by atoms with E-state index in [0.29, 0.717) is 53.1 Å². The summed E-state index contributed by atoms with van der Waals surface area (Å²) in [4.78, 5) is 32.8. The third kappa shape index (κ3) is 3.59. The van der Waals surface area contributed by atoms with Crippen LogP contribution >= 0.6 is 11.8 Å². The van der Waals surface area contributed by atoms with Gasteiger partial charge in [-0.25, -0.2) is 4.98 Å². The predicted octanol–water partition coefficient (Wildman–Crippen LogP) is 4.24. The van der Waals surface area contributed by atoms with Gasteiger partial charge in [0.2, 0.25) is 0 Å². The second-order valence-corrected chi connectivity index (χ2v) is 8.03. The van der Waals surface area contributed by atoms with Crippen molar-refractivity contribution >= 4 is 35.0 Å². The number of benzene rings is 2. The van der Waals surface area contributed by atoms with Gasteiger partial charge in [0, 0.05) is 35.0 Å². The molecular weight excluding hydrogens is 414 g/mol. The van der Waals surface area contributed by atoms with Gasteiger partial charge in [0.25, 0.3) is 11.8 Å². The van der Waals surface area contributed by atoms with E-state index >= 15 is 0 Å². The summed E-state index contributed by atoms with van der Waals surface area (Å²) in [5.41, 5.74) is 2.44. The third-order valence-corrected chi connectivity index (χ3v) is 6.15. The molecule has 0 bridgehead atoms. The molecule has 0 spiro atoms. The molecule has 2 aliphatic rings. The molecule has 3 heterocycles. The Morgan fingerprint density at radius 2 is 1.97 bits per heavy atom. The van der Waals surface area contributed by atoms with Crippen LogP contribution in [0.2, 0.25) is 0 Å². The normalized spacial score (nSPS) is 14.4. The zero-order chi connectivity index (χ0) is 21.4. The Hall–Kier alpha value is -3.52. The molecule has 5 rings (SSSR count). The van der Waals surface area contributed by atoms with Gasteiger partial charge in [-0.2, -0.15) is 0 Å². The van der Waals surface area contributed by atoms with Gasteiger partial charge < -0.3 is 19.7 Å². The van der Waals surface area contributed by atoms with Crippen molar-refractivity contribution in [3.05, 3.63) is 65.9 Å². The number of carbonyl (C=O) groups is 2. The molecule has 31 heavy (non-hydrogen) atoms. The first-order valence-corrected chi connectivity index (χ1v) is 10.8. The highest BCUT2D eigenvalue weighted by Crippen LogP contribution is 2.41. The largest absolute Gasteiger partial charge is 0.486 e. The number of hydrogen-bond acceptors (Lipinski definition) is 6. The summed E-state index contributed by atoms with van der Waals surface area (Å²) in [6, 6.07) is 14.2. The molecule has 2 aliphatic heterocycles. The quantitative estimate of drug-likeness (QED) is 0.666. The average molecular weight is 433 g/mol. The van der Waals surface area contributed by atoms with Crippen molar-refractivity contribution in [2.45, 2.75) is 16.8 Å². The predicted molar refractivity (Wildman–Crippen MR) is 118 cm³/mol. The Balaban J connectivity index is 1.45. The number of nitrogens with one attached hydrogen (secondary N) is 1. The van der Waals surface area contributed by atoms with Crippen molar-refractivity contribution in [3.8, 4) is 11.5 Å². The minimum Gasteiger partial charge on any atom is -0.486 e. The number of anilines is 2. The van der Waals surface area contributed by atoms with Gasteiger partial charge in [0.15, 0.2) is 11.5 Å². The zero-order valence-corrected chi connectivity index (χ0v) is 17.6. The first-order valence-electron chi connectivity index (χ1n) is 9.94. The fourth-order valence-corrected chi connectivity index (χ4v) is 4.65. The number of carbonyl (C=O) groups excluding carboxylic acids is 2. The van der Waals surface area contributed by atoms with Gasteiger partial charge in [0.05, 0.1) is 11.3 Å². The number of hydrogen-bond donors (Lipinski definition) is 1. The van der Waals surface area contributed by atoms with E-state index < -0.39 is 0 Å². The van der Waals surface area contributed by atoms with E-state index in [4.69, 9.17) is 9.47 Å². The smallest absolute Gasteiger partial charge is 0.261 e. The molecular formula is C23H19N3O4S. The molecule has 3 aromatic rings. The van der Waals surface area contributed by atoms with Crippen molar-refractivity contribution in [3.63, 3.8) is 0 Å². The van der Waals surface area contributed by atoms with Crippen LogP contribution in [0.15, 0.2) is 64.6 Å². The molecule has 2 amide bonds. The SMILES string of the molecule is CCN1C(=O)c2cccnc2Sc2cc(C(=O)Nc3ccc4c(c3)OCCO4)ccc21. The molecule has 8 heteroatoms. The highest BCUT2D eigenvalue weighted by Gasteiger charge is 2.27. The Morgan fingerprint density at radius 1 is 1.13 bits per heavy atom. The average Bonchev–Trinajstić information content (AvgIpc) is 2.92. The Bertz CT molecular complexity index is 1200. The number of aromatic nitrogens is 1. The first kappa shape index (κ1) is 19.4. The second-order valence-electron chi connectivity index (χ2n) is 7.00. The van der Waals surface area contributed by atoms with Crippen LogP contribution in [0.3, 0.4) is 0 Å². The van der Waals surface area contributed by atoms with E-state index in [2.05, 4.69) is 10.3 Å². The summed E-state index contributed by atoms with van der Waals surface area (Å²) in [6.07, 6.45) is 1.67. The summed E-state index contributed by atoms with van der Waals surface area (Å²) in [5, 5.41) is 3.54. The van der Waals surface area contributed by atoms with Crippen LogP contribution in [-0.2, 0) is 0 Å². The number of amides is 2. The van der Waals surface area contributed by atoms with E-state index in [9.17, 15) is 9.59 Å². The Morgan fingerprint density at radius 3 is 2.81 bits per heavy atom. The van der Waals surface area contributed by atoms with Crippen molar-refractivity contribution in [1.82, 2.24) is 4.98 Å². The molecule has 1 aromatic heterocycles. The molecule has 0 atom stereocenters. The molecule has 0 saturated carbocycles. The highest BCUT2D eigenvalue weighted by molar-refractivity contribution is 7.99. The van der Waals surface area contributed by atoms with Crippen LogP contribution in [0.4, 0.5) is 11.4 Å². The molecule has 1 N–H and O–H groups in total. The van der Waals surface area contributed by atoms with Gasteiger partial charge in [-0.05, 0) is 49.4 Å².